The Morgan fingerprint density at radius 1 is 0.778 bits per heavy atom. The Balaban J connectivity index is 1.72. The Bertz CT molecular complexity index is 721. The molecule has 0 aliphatic rings. The molecule has 2 N–H and O–H groups in total. The van der Waals surface area contributed by atoms with Crippen LogP contribution >= 0.6 is 0 Å². The van der Waals surface area contributed by atoms with Gasteiger partial charge in [0.05, 0.1) is 0 Å². The van der Waals surface area contributed by atoms with Crippen LogP contribution in [0.15, 0.2) is 60.7 Å². The van der Waals surface area contributed by atoms with Gasteiger partial charge in [-0.15, -0.1) is 0 Å². The molecular formula is C21H26N2O4. The van der Waals surface area contributed by atoms with Gasteiger partial charge >= 0.3 is 0 Å². The number of rotatable bonds is 9. The zero-order valence-electron chi connectivity index (χ0n) is 15.8. The molecule has 3 atom stereocenters. The molecule has 144 valence electrons. The van der Waals surface area contributed by atoms with E-state index in [2.05, 4.69) is 10.6 Å². The quantitative estimate of drug-likeness (QED) is 0.711. The summed E-state index contributed by atoms with van der Waals surface area (Å²) < 4.78 is 11.2. The van der Waals surface area contributed by atoms with Crippen LogP contribution in [0.2, 0.25) is 0 Å². The first kappa shape index (κ1) is 20.3. The van der Waals surface area contributed by atoms with Crippen molar-refractivity contribution in [3.8, 4) is 11.5 Å². The van der Waals surface area contributed by atoms with E-state index in [0.29, 0.717) is 18.0 Å². The van der Waals surface area contributed by atoms with Crippen LogP contribution in [0.25, 0.3) is 0 Å². The van der Waals surface area contributed by atoms with Gasteiger partial charge in [-0.1, -0.05) is 36.4 Å². The lowest BCUT2D eigenvalue weighted by Crippen LogP contribution is -2.48. The molecule has 0 spiro atoms. The van der Waals surface area contributed by atoms with E-state index in [1.807, 2.05) is 43.3 Å². The first-order chi connectivity index (χ1) is 13.0. The van der Waals surface area contributed by atoms with Crippen LogP contribution < -0.4 is 20.1 Å². The maximum absolute atomic E-state index is 12.2. The van der Waals surface area contributed by atoms with E-state index in [9.17, 15) is 9.59 Å². The van der Waals surface area contributed by atoms with E-state index >= 15 is 0 Å². The number of ether oxygens (including phenoxy) is 2. The van der Waals surface area contributed by atoms with Crippen LogP contribution in [-0.4, -0.2) is 36.6 Å². The van der Waals surface area contributed by atoms with Gasteiger partial charge in [0.2, 0.25) is 0 Å². The predicted octanol–water partition coefficient (Wildman–Crippen LogP) is 2.54. The smallest absolute Gasteiger partial charge is 0.261 e. The minimum atomic E-state index is -0.633. The molecule has 0 aliphatic heterocycles. The molecule has 0 heterocycles. The number of hydrogen-bond donors (Lipinski definition) is 2. The van der Waals surface area contributed by atoms with Crippen molar-refractivity contribution in [1.29, 1.82) is 0 Å². The van der Waals surface area contributed by atoms with E-state index in [1.54, 1.807) is 38.1 Å². The van der Waals surface area contributed by atoms with E-state index in [4.69, 9.17) is 9.47 Å². The summed E-state index contributed by atoms with van der Waals surface area (Å²) in [5.41, 5.74) is 0. The second kappa shape index (κ2) is 10.2. The van der Waals surface area contributed by atoms with Gasteiger partial charge in [-0.2, -0.15) is 0 Å². The van der Waals surface area contributed by atoms with E-state index in [0.717, 1.165) is 0 Å². The van der Waals surface area contributed by atoms with Crippen molar-refractivity contribution < 1.29 is 19.1 Å². The van der Waals surface area contributed by atoms with Gasteiger partial charge in [-0.05, 0) is 45.0 Å². The van der Waals surface area contributed by atoms with Crippen molar-refractivity contribution in [1.82, 2.24) is 10.6 Å². The fourth-order valence-electron chi connectivity index (χ4n) is 2.32. The molecule has 2 aromatic rings. The number of nitrogens with one attached hydrogen (secondary N) is 2. The van der Waals surface area contributed by atoms with E-state index in [-0.39, 0.29) is 17.9 Å². The summed E-state index contributed by atoms with van der Waals surface area (Å²) in [4.78, 5) is 24.3. The molecule has 2 aromatic carbocycles. The fraction of sp³-hybridized carbons (Fsp3) is 0.333. The van der Waals surface area contributed by atoms with Crippen molar-refractivity contribution in [2.24, 2.45) is 0 Å². The van der Waals surface area contributed by atoms with Crippen LogP contribution in [0.1, 0.15) is 20.8 Å². The van der Waals surface area contributed by atoms with Crippen LogP contribution in [-0.2, 0) is 9.59 Å². The predicted molar refractivity (Wildman–Crippen MR) is 104 cm³/mol. The normalized spacial score (nSPS) is 13.7. The minimum Gasteiger partial charge on any atom is -0.481 e. The average Bonchev–Trinajstić information content (AvgIpc) is 2.67. The summed E-state index contributed by atoms with van der Waals surface area (Å²) >= 11 is 0. The third-order valence-corrected chi connectivity index (χ3v) is 3.82. The van der Waals surface area contributed by atoms with Crippen LogP contribution in [0, 0.1) is 0 Å². The van der Waals surface area contributed by atoms with Crippen molar-refractivity contribution >= 4 is 11.8 Å². The molecule has 2 rings (SSSR count). The lowest BCUT2D eigenvalue weighted by molar-refractivity contribution is -0.129. The SMILES string of the molecule is CC(CNC(=O)C(C)Oc1ccccc1)NC(=O)C(C)Oc1ccccc1. The highest BCUT2D eigenvalue weighted by atomic mass is 16.5. The standard InChI is InChI=1S/C21H26N2O4/c1-15(23-21(25)17(3)27-19-12-8-5-9-13-19)14-22-20(24)16(2)26-18-10-6-4-7-11-18/h4-13,15-17H,14H2,1-3H3,(H,22,24)(H,23,25). The molecule has 0 aliphatic carbocycles. The van der Waals surface area contributed by atoms with E-state index < -0.39 is 12.2 Å². The van der Waals surface area contributed by atoms with Crippen LogP contribution in [0.5, 0.6) is 11.5 Å². The summed E-state index contributed by atoms with van der Waals surface area (Å²) in [6.45, 7) is 5.48. The zero-order valence-corrected chi connectivity index (χ0v) is 15.8. The highest BCUT2D eigenvalue weighted by Crippen LogP contribution is 2.11. The molecule has 0 fully saturated rings. The molecule has 6 nitrogen and oxygen atoms in total. The fourth-order valence-corrected chi connectivity index (χ4v) is 2.32. The number of benzene rings is 2. The number of carbonyl (C=O) groups is 2. The monoisotopic (exact) mass is 370 g/mol. The summed E-state index contributed by atoms with van der Waals surface area (Å²) in [6, 6.07) is 18.1. The first-order valence-corrected chi connectivity index (χ1v) is 8.97. The molecule has 0 radical (unpaired) electrons. The first-order valence-electron chi connectivity index (χ1n) is 8.97. The second-order valence-electron chi connectivity index (χ2n) is 6.30. The van der Waals surface area contributed by atoms with Gasteiger partial charge in [0, 0.05) is 12.6 Å². The molecule has 6 heteroatoms. The Morgan fingerprint density at radius 2 is 1.22 bits per heavy atom. The summed E-state index contributed by atoms with van der Waals surface area (Å²) in [5.74, 6) is 0.782. The van der Waals surface area contributed by atoms with Crippen molar-refractivity contribution in [3.05, 3.63) is 60.7 Å². The van der Waals surface area contributed by atoms with Crippen LogP contribution in [0.3, 0.4) is 0 Å². The molecule has 0 saturated heterocycles. The third-order valence-electron chi connectivity index (χ3n) is 3.82. The molecule has 27 heavy (non-hydrogen) atoms. The van der Waals surface area contributed by atoms with E-state index in [1.165, 1.54) is 0 Å². The highest BCUT2D eigenvalue weighted by molar-refractivity contribution is 5.82. The molecule has 0 saturated carbocycles. The lowest BCUT2D eigenvalue weighted by atomic mass is 10.2. The lowest BCUT2D eigenvalue weighted by Gasteiger charge is -2.20. The zero-order chi connectivity index (χ0) is 19.6. The highest BCUT2D eigenvalue weighted by Gasteiger charge is 2.19. The molecule has 2 amide bonds. The summed E-state index contributed by atoms with van der Waals surface area (Å²) in [6.07, 6.45) is -1.26. The summed E-state index contributed by atoms with van der Waals surface area (Å²) in [7, 11) is 0. The van der Waals surface area contributed by atoms with Gasteiger partial charge in [0.1, 0.15) is 11.5 Å². The molecule has 0 aromatic heterocycles. The van der Waals surface area contributed by atoms with Crippen molar-refractivity contribution in [2.75, 3.05) is 6.54 Å². The Labute approximate surface area is 159 Å². The minimum absolute atomic E-state index is 0.241. The molecule has 3 unspecified atom stereocenters. The molecule has 0 bridgehead atoms. The van der Waals surface area contributed by atoms with Crippen LogP contribution in [0.4, 0.5) is 0 Å². The van der Waals surface area contributed by atoms with Gasteiger partial charge in [-0.3, -0.25) is 9.59 Å². The maximum atomic E-state index is 12.2. The van der Waals surface area contributed by atoms with Gasteiger partial charge in [0.25, 0.3) is 11.8 Å². The number of hydrogen-bond acceptors (Lipinski definition) is 4. The Kier molecular flexibility index (Phi) is 7.67. The Hall–Kier alpha value is -3.02. The van der Waals surface area contributed by atoms with Gasteiger partial charge < -0.3 is 20.1 Å². The number of carbonyl (C=O) groups excluding carboxylic acids is 2. The number of para-hydroxylation sites is 2. The van der Waals surface area contributed by atoms with Crippen molar-refractivity contribution in [2.45, 2.75) is 39.0 Å². The van der Waals surface area contributed by atoms with Gasteiger partial charge in [0.15, 0.2) is 12.2 Å². The number of amides is 2. The second-order valence-corrected chi connectivity index (χ2v) is 6.30. The summed E-state index contributed by atoms with van der Waals surface area (Å²) in [5, 5.41) is 5.60. The third kappa shape index (κ3) is 7.01. The van der Waals surface area contributed by atoms with Crippen molar-refractivity contribution in [3.63, 3.8) is 0 Å². The molecular weight excluding hydrogens is 344 g/mol. The maximum Gasteiger partial charge on any atom is 0.261 e. The Morgan fingerprint density at radius 3 is 1.70 bits per heavy atom. The largest absolute Gasteiger partial charge is 0.481 e. The average molecular weight is 370 g/mol. The topological polar surface area (TPSA) is 76.7 Å². The van der Waals surface area contributed by atoms with Gasteiger partial charge in [-0.25, -0.2) is 0 Å².